The highest BCUT2D eigenvalue weighted by Gasteiger charge is 2.11. The van der Waals surface area contributed by atoms with Crippen molar-refractivity contribution in [2.45, 2.75) is 39.5 Å². The molecule has 2 nitrogen and oxygen atoms in total. The fourth-order valence-electron chi connectivity index (χ4n) is 2.21. The Morgan fingerprint density at radius 3 is 2.78 bits per heavy atom. The number of aryl methyl sites for hydroxylation is 1. The van der Waals surface area contributed by atoms with Gasteiger partial charge in [0.1, 0.15) is 0 Å². The second kappa shape index (κ2) is 5.76. The molecule has 0 aliphatic rings. The summed E-state index contributed by atoms with van der Waals surface area (Å²) in [6, 6.07) is 9.78. The van der Waals surface area contributed by atoms with Crippen molar-refractivity contribution in [3.05, 3.63) is 41.6 Å². The maximum Gasteiger partial charge on any atom is 0.163 e. The summed E-state index contributed by atoms with van der Waals surface area (Å²) >= 11 is 0. The third-order valence-corrected chi connectivity index (χ3v) is 3.15. The van der Waals surface area contributed by atoms with E-state index in [0.29, 0.717) is 6.42 Å². The van der Waals surface area contributed by atoms with Crippen LogP contribution in [0.3, 0.4) is 0 Å². The lowest BCUT2D eigenvalue weighted by atomic mass is 10.00. The van der Waals surface area contributed by atoms with E-state index < -0.39 is 0 Å². The minimum absolute atomic E-state index is 0.241. The van der Waals surface area contributed by atoms with Gasteiger partial charge in [0.25, 0.3) is 0 Å². The SMILES string of the molecule is CCCCCC(=O)c1cc(C)nc2ccccc12. The molecule has 0 bridgehead atoms. The molecule has 0 aliphatic heterocycles. The molecule has 2 heteroatoms. The predicted molar refractivity (Wildman–Crippen MR) is 75.0 cm³/mol. The zero-order chi connectivity index (χ0) is 13.0. The van der Waals surface area contributed by atoms with Gasteiger partial charge in [0.15, 0.2) is 5.78 Å². The lowest BCUT2D eigenvalue weighted by Gasteiger charge is -2.06. The molecule has 0 spiro atoms. The Balaban J connectivity index is 2.34. The molecule has 18 heavy (non-hydrogen) atoms. The summed E-state index contributed by atoms with van der Waals surface area (Å²) in [7, 11) is 0. The molecule has 2 aromatic rings. The van der Waals surface area contributed by atoms with Crippen molar-refractivity contribution in [1.82, 2.24) is 4.98 Å². The molecule has 0 aliphatic carbocycles. The summed E-state index contributed by atoms with van der Waals surface area (Å²) in [6.07, 6.45) is 3.88. The summed E-state index contributed by atoms with van der Waals surface area (Å²) < 4.78 is 0. The minimum Gasteiger partial charge on any atom is -0.294 e. The van der Waals surface area contributed by atoms with Gasteiger partial charge < -0.3 is 0 Å². The number of hydrogen-bond acceptors (Lipinski definition) is 2. The number of benzene rings is 1. The standard InChI is InChI=1S/C16H19NO/c1-3-4-5-10-16(18)14-11-12(2)17-15-9-7-6-8-13(14)15/h6-9,11H,3-5,10H2,1-2H3. The van der Waals surface area contributed by atoms with Gasteiger partial charge in [-0.15, -0.1) is 0 Å². The van der Waals surface area contributed by atoms with E-state index in [4.69, 9.17) is 0 Å². The maximum atomic E-state index is 12.3. The molecule has 0 atom stereocenters. The average Bonchev–Trinajstić information content (AvgIpc) is 2.38. The summed E-state index contributed by atoms with van der Waals surface area (Å²) in [5, 5.41) is 0.976. The monoisotopic (exact) mass is 241 g/mol. The highest BCUT2D eigenvalue weighted by molar-refractivity contribution is 6.07. The first-order valence-corrected chi connectivity index (χ1v) is 6.62. The van der Waals surface area contributed by atoms with Crippen molar-refractivity contribution in [3.63, 3.8) is 0 Å². The number of pyridine rings is 1. The van der Waals surface area contributed by atoms with E-state index >= 15 is 0 Å². The van der Waals surface area contributed by atoms with Crippen molar-refractivity contribution >= 4 is 16.7 Å². The number of para-hydroxylation sites is 1. The van der Waals surface area contributed by atoms with Crippen LogP contribution in [0.25, 0.3) is 10.9 Å². The highest BCUT2D eigenvalue weighted by atomic mass is 16.1. The van der Waals surface area contributed by atoms with E-state index in [1.807, 2.05) is 37.3 Å². The quantitative estimate of drug-likeness (QED) is 0.577. The summed E-state index contributed by atoms with van der Waals surface area (Å²) in [5.74, 6) is 0.241. The number of aromatic nitrogens is 1. The normalized spacial score (nSPS) is 10.8. The number of ketones is 1. The maximum absolute atomic E-state index is 12.3. The third kappa shape index (κ3) is 2.76. The lowest BCUT2D eigenvalue weighted by molar-refractivity contribution is 0.0981. The summed E-state index contributed by atoms with van der Waals surface area (Å²) in [4.78, 5) is 16.7. The molecule has 0 radical (unpaired) electrons. The number of Topliss-reactive ketones (excluding diaryl/α,β-unsaturated/α-hetero) is 1. The fraction of sp³-hybridized carbons (Fsp3) is 0.375. The van der Waals surface area contributed by atoms with Gasteiger partial charge in [-0.1, -0.05) is 38.0 Å². The molecule has 1 aromatic heterocycles. The lowest BCUT2D eigenvalue weighted by Crippen LogP contribution is -2.02. The Hall–Kier alpha value is -1.70. The first-order valence-electron chi connectivity index (χ1n) is 6.62. The van der Waals surface area contributed by atoms with E-state index in [9.17, 15) is 4.79 Å². The highest BCUT2D eigenvalue weighted by Crippen LogP contribution is 2.20. The van der Waals surface area contributed by atoms with Crippen molar-refractivity contribution in [2.75, 3.05) is 0 Å². The van der Waals surface area contributed by atoms with Gasteiger partial charge in [0.05, 0.1) is 5.52 Å². The number of carbonyl (C=O) groups excluding carboxylic acids is 1. The molecule has 0 amide bonds. The molecule has 1 aromatic carbocycles. The van der Waals surface area contributed by atoms with E-state index in [1.165, 1.54) is 0 Å². The van der Waals surface area contributed by atoms with Gasteiger partial charge in [-0.2, -0.15) is 0 Å². The van der Waals surface area contributed by atoms with Crippen LogP contribution in [-0.4, -0.2) is 10.8 Å². The fourth-order valence-corrected chi connectivity index (χ4v) is 2.21. The Kier molecular flexibility index (Phi) is 4.08. The number of hydrogen-bond donors (Lipinski definition) is 0. The van der Waals surface area contributed by atoms with Crippen LogP contribution >= 0.6 is 0 Å². The molecule has 0 saturated heterocycles. The zero-order valence-electron chi connectivity index (χ0n) is 11.1. The van der Waals surface area contributed by atoms with Crippen LogP contribution in [0, 0.1) is 6.92 Å². The van der Waals surface area contributed by atoms with Crippen LogP contribution in [0.15, 0.2) is 30.3 Å². The van der Waals surface area contributed by atoms with E-state index in [2.05, 4.69) is 11.9 Å². The predicted octanol–water partition coefficient (Wildman–Crippen LogP) is 4.31. The van der Waals surface area contributed by atoms with Crippen LogP contribution in [0.5, 0.6) is 0 Å². The second-order valence-electron chi connectivity index (χ2n) is 4.71. The molecule has 2 rings (SSSR count). The number of carbonyl (C=O) groups is 1. The topological polar surface area (TPSA) is 30.0 Å². The third-order valence-electron chi connectivity index (χ3n) is 3.15. The van der Waals surface area contributed by atoms with Gasteiger partial charge >= 0.3 is 0 Å². The van der Waals surface area contributed by atoms with Gasteiger partial charge in [-0.3, -0.25) is 9.78 Å². The zero-order valence-corrected chi connectivity index (χ0v) is 11.1. The molecule has 0 saturated carbocycles. The summed E-state index contributed by atoms with van der Waals surface area (Å²) in [5.41, 5.74) is 2.65. The number of fused-ring (bicyclic) bond motifs is 1. The van der Waals surface area contributed by atoms with Crippen molar-refractivity contribution < 1.29 is 4.79 Å². The number of rotatable bonds is 5. The van der Waals surface area contributed by atoms with Crippen LogP contribution in [0.2, 0.25) is 0 Å². The smallest absolute Gasteiger partial charge is 0.163 e. The minimum atomic E-state index is 0.241. The largest absolute Gasteiger partial charge is 0.294 e. The van der Waals surface area contributed by atoms with Crippen LogP contribution < -0.4 is 0 Å². The van der Waals surface area contributed by atoms with E-state index in [-0.39, 0.29) is 5.78 Å². The number of unbranched alkanes of at least 4 members (excludes halogenated alkanes) is 2. The van der Waals surface area contributed by atoms with Crippen LogP contribution in [0.4, 0.5) is 0 Å². The van der Waals surface area contributed by atoms with Crippen LogP contribution in [0.1, 0.15) is 48.7 Å². The number of nitrogens with zero attached hydrogens (tertiary/aromatic N) is 1. The molecule has 0 fully saturated rings. The Labute approximate surface area is 108 Å². The Morgan fingerprint density at radius 2 is 2.00 bits per heavy atom. The first-order chi connectivity index (χ1) is 8.72. The van der Waals surface area contributed by atoms with Gasteiger partial charge in [-0.25, -0.2) is 0 Å². The summed E-state index contributed by atoms with van der Waals surface area (Å²) in [6.45, 7) is 4.09. The molecule has 0 N–H and O–H groups in total. The van der Waals surface area contributed by atoms with Gasteiger partial charge in [-0.05, 0) is 25.5 Å². The van der Waals surface area contributed by atoms with E-state index in [1.54, 1.807) is 0 Å². The van der Waals surface area contributed by atoms with Crippen molar-refractivity contribution in [2.24, 2.45) is 0 Å². The van der Waals surface area contributed by atoms with Gasteiger partial charge in [0, 0.05) is 23.1 Å². The Morgan fingerprint density at radius 1 is 1.22 bits per heavy atom. The van der Waals surface area contributed by atoms with Crippen LogP contribution in [-0.2, 0) is 0 Å². The molecular formula is C16H19NO. The van der Waals surface area contributed by atoms with Crippen molar-refractivity contribution in [3.8, 4) is 0 Å². The van der Waals surface area contributed by atoms with Crippen molar-refractivity contribution in [1.29, 1.82) is 0 Å². The first kappa shape index (κ1) is 12.7. The molecular weight excluding hydrogens is 222 g/mol. The molecule has 1 heterocycles. The average molecular weight is 241 g/mol. The molecule has 94 valence electrons. The van der Waals surface area contributed by atoms with Gasteiger partial charge in [0.2, 0.25) is 0 Å². The molecule has 0 unspecified atom stereocenters. The second-order valence-corrected chi connectivity index (χ2v) is 4.71. The van der Waals surface area contributed by atoms with E-state index in [0.717, 1.165) is 41.4 Å². The Bertz CT molecular complexity index is 560.